The number of furan rings is 1. The van der Waals surface area contributed by atoms with Crippen LogP contribution in [-0.2, 0) is 0 Å². The third kappa shape index (κ3) is 1.77. The van der Waals surface area contributed by atoms with Gasteiger partial charge in [-0.3, -0.25) is 9.78 Å². The Morgan fingerprint density at radius 3 is 2.95 bits per heavy atom. The van der Waals surface area contributed by atoms with Gasteiger partial charge in [0.05, 0.1) is 0 Å². The molecule has 0 saturated heterocycles. The first-order valence-electron chi connectivity index (χ1n) is 5.32. The Morgan fingerprint density at radius 1 is 1.42 bits per heavy atom. The maximum absolute atomic E-state index is 11.8. The minimum absolute atomic E-state index is 0.0232. The van der Waals surface area contributed by atoms with Gasteiger partial charge in [-0.05, 0) is 12.1 Å². The van der Waals surface area contributed by atoms with E-state index in [0.717, 1.165) is 6.26 Å². The number of carboxylic acid groups (broad SMARTS) is 1. The number of nitrogens with zero attached hydrogens (tertiary/aromatic N) is 2. The average Bonchev–Trinajstić information content (AvgIpc) is 2.84. The summed E-state index contributed by atoms with van der Waals surface area (Å²) in [4.78, 5) is 33.4. The first-order chi connectivity index (χ1) is 9.16. The number of fused-ring (bicyclic) bond motifs is 1. The Kier molecular flexibility index (Phi) is 2.38. The van der Waals surface area contributed by atoms with Crippen molar-refractivity contribution in [2.24, 2.45) is 0 Å². The lowest BCUT2D eigenvalue weighted by atomic mass is 10.2. The molecule has 3 aromatic heterocycles. The van der Waals surface area contributed by atoms with Gasteiger partial charge < -0.3 is 14.5 Å². The number of pyridine rings is 1. The summed E-state index contributed by atoms with van der Waals surface area (Å²) in [5, 5.41) is 9.00. The van der Waals surface area contributed by atoms with Crippen LogP contribution in [0.3, 0.4) is 0 Å². The van der Waals surface area contributed by atoms with Crippen molar-refractivity contribution in [3.05, 3.63) is 46.7 Å². The monoisotopic (exact) mass is 257 g/mol. The summed E-state index contributed by atoms with van der Waals surface area (Å²) < 4.78 is 4.93. The van der Waals surface area contributed by atoms with Crippen LogP contribution in [0.4, 0.5) is 0 Å². The van der Waals surface area contributed by atoms with E-state index in [-0.39, 0.29) is 22.5 Å². The molecule has 0 aliphatic heterocycles. The van der Waals surface area contributed by atoms with E-state index in [2.05, 4.69) is 15.0 Å². The van der Waals surface area contributed by atoms with Gasteiger partial charge in [-0.2, -0.15) is 0 Å². The Labute approximate surface area is 105 Å². The summed E-state index contributed by atoms with van der Waals surface area (Å²) in [5.74, 6) is -0.955. The Balaban J connectivity index is 2.32. The predicted octanol–water partition coefficient (Wildman–Crippen LogP) is 1.28. The highest BCUT2D eigenvalue weighted by atomic mass is 16.4. The fraction of sp³-hybridized carbons (Fsp3) is 0. The van der Waals surface area contributed by atoms with Crippen molar-refractivity contribution in [1.29, 1.82) is 0 Å². The number of hydrogen-bond acceptors (Lipinski definition) is 5. The number of carbonyl (C=O) groups is 1. The molecule has 0 aliphatic carbocycles. The summed E-state index contributed by atoms with van der Waals surface area (Å²) in [6.45, 7) is 0. The molecule has 7 nitrogen and oxygen atoms in total. The minimum atomic E-state index is -1.20. The van der Waals surface area contributed by atoms with Crippen molar-refractivity contribution in [2.45, 2.75) is 0 Å². The molecule has 0 unspecified atom stereocenters. The number of H-pyrrole nitrogens is 1. The molecule has 3 aromatic rings. The summed E-state index contributed by atoms with van der Waals surface area (Å²) in [6.07, 6.45) is 4.10. The number of aromatic carboxylic acids is 1. The zero-order valence-corrected chi connectivity index (χ0v) is 9.45. The summed E-state index contributed by atoms with van der Waals surface area (Å²) in [5.41, 5.74) is -0.179. The van der Waals surface area contributed by atoms with Gasteiger partial charge in [-0.25, -0.2) is 9.78 Å². The molecule has 0 fully saturated rings. The molecule has 2 N–H and O–H groups in total. The fourth-order valence-electron chi connectivity index (χ4n) is 1.72. The highest BCUT2D eigenvalue weighted by molar-refractivity contribution is 6.00. The maximum atomic E-state index is 11.8. The van der Waals surface area contributed by atoms with Crippen LogP contribution in [-0.4, -0.2) is 26.0 Å². The summed E-state index contributed by atoms with van der Waals surface area (Å²) >= 11 is 0. The van der Waals surface area contributed by atoms with E-state index >= 15 is 0 Å². The number of aromatic amines is 1. The zero-order valence-electron chi connectivity index (χ0n) is 9.45. The number of hydrogen-bond donors (Lipinski definition) is 2. The molecule has 0 radical (unpaired) electrons. The van der Waals surface area contributed by atoms with Crippen molar-refractivity contribution in [3.63, 3.8) is 0 Å². The number of rotatable bonds is 2. The SMILES string of the molecule is O=C(O)c1coc2c(=O)[nH]c(-c3cccnc3)nc12. The molecular formula is C12H7N3O4. The predicted molar refractivity (Wildman–Crippen MR) is 64.8 cm³/mol. The van der Waals surface area contributed by atoms with Crippen molar-refractivity contribution in [2.75, 3.05) is 0 Å². The van der Waals surface area contributed by atoms with E-state index in [1.165, 1.54) is 6.20 Å². The molecule has 0 atom stereocenters. The van der Waals surface area contributed by atoms with Crippen LogP contribution in [0.5, 0.6) is 0 Å². The van der Waals surface area contributed by atoms with E-state index in [9.17, 15) is 9.59 Å². The average molecular weight is 257 g/mol. The van der Waals surface area contributed by atoms with Crippen molar-refractivity contribution >= 4 is 17.1 Å². The quantitative estimate of drug-likeness (QED) is 0.715. The molecule has 7 heteroatoms. The molecule has 0 spiro atoms. The van der Waals surface area contributed by atoms with Crippen molar-refractivity contribution in [1.82, 2.24) is 15.0 Å². The van der Waals surface area contributed by atoms with Gasteiger partial charge in [0, 0.05) is 18.0 Å². The van der Waals surface area contributed by atoms with Crippen LogP contribution < -0.4 is 5.56 Å². The minimum Gasteiger partial charge on any atom is -0.477 e. The van der Waals surface area contributed by atoms with Gasteiger partial charge in [-0.15, -0.1) is 0 Å². The van der Waals surface area contributed by atoms with Crippen molar-refractivity contribution in [3.8, 4) is 11.4 Å². The van der Waals surface area contributed by atoms with E-state index in [1.54, 1.807) is 18.3 Å². The van der Waals surface area contributed by atoms with Gasteiger partial charge in [-0.1, -0.05) is 0 Å². The van der Waals surface area contributed by atoms with Gasteiger partial charge >= 0.3 is 5.97 Å². The Hall–Kier alpha value is -2.96. The summed E-state index contributed by atoms with van der Waals surface area (Å²) in [6, 6.07) is 3.39. The summed E-state index contributed by atoms with van der Waals surface area (Å²) in [7, 11) is 0. The van der Waals surface area contributed by atoms with Gasteiger partial charge in [0.1, 0.15) is 23.2 Å². The normalized spacial score (nSPS) is 10.7. The maximum Gasteiger partial charge on any atom is 0.341 e. The molecule has 0 saturated carbocycles. The van der Waals surface area contributed by atoms with Crippen LogP contribution in [0.2, 0.25) is 0 Å². The van der Waals surface area contributed by atoms with Gasteiger partial charge in [0.25, 0.3) is 5.56 Å². The highest BCUT2D eigenvalue weighted by Gasteiger charge is 2.17. The smallest absolute Gasteiger partial charge is 0.341 e. The molecule has 3 rings (SSSR count). The highest BCUT2D eigenvalue weighted by Crippen LogP contribution is 2.19. The Bertz CT molecular complexity index is 820. The second-order valence-corrected chi connectivity index (χ2v) is 3.79. The van der Waals surface area contributed by atoms with E-state index in [1.807, 2.05) is 0 Å². The molecular weight excluding hydrogens is 250 g/mol. The van der Waals surface area contributed by atoms with E-state index in [0.29, 0.717) is 5.56 Å². The second-order valence-electron chi connectivity index (χ2n) is 3.79. The second kappa shape index (κ2) is 4.05. The van der Waals surface area contributed by atoms with Crippen molar-refractivity contribution < 1.29 is 14.3 Å². The van der Waals surface area contributed by atoms with Crippen LogP contribution in [0, 0.1) is 0 Å². The van der Waals surface area contributed by atoms with Crippen LogP contribution in [0.1, 0.15) is 10.4 Å². The largest absolute Gasteiger partial charge is 0.477 e. The van der Waals surface area contributed by atoms with Gasteiger partial charge in [0.15, 0.2) is 0 Å². The Morgan fingerprint density at radius 2 is 2.26 bits per heavy atom. The first-order valence-corrected chi connectivity index (χ1v) is 5.32. The van der Waals surface area contributed by atoms with Crippen LogP contribution in [0.25, 0.3) is 22.5 Å². The fourth-order valence-corrected chi connectivity index (χ4v) is 1.72. The molecule has 0 amide bonds. The first kappa shape index (κ1) is 11.1. The standard InChI is InChI=1S/C12H7N3O4/c16-11-9-8(7(5-19-9)12(17)18)14-10(15-11)6-2-1-3-13-4-6/h1-5H,(H,17,18)(H,14,15,16). The van der Waals surface area contributed by atoms with Crippen LogP contribution >= 0.6 is 0 Å². The molecule has 3 heterocycles. The molecule has 0 aromatic carbocycles. The lowest BCUT2D eigenvalue weighted by molar-refractivity contribution is 0.0698. The number of aromatic nitrogens is 3. The topological polar surface area (TPSA) is 109 Å². The number of nitrogens with one attached hydrogen (secondary N) is 1. The molecule has 94 valence electrons. The van der Waals surface area contributed by atoms with E-state index < -0.39 is 11.5 Å². The number of carboxylic acids is 1. The van der Waals surface area contributed by atoms with E-state index in [4.69, 9.17) is 9.52 Å². The van der Waals surface area contributed by atoms with Crippen LogP contribution in [0.15, 0.2) is 40.0 Å². The molecule has 0 aliphatic rings. The lowest BCUT2D eigenvalue weighted by Crippen LogP contribution is -2.09. The van der Waals surface area contributed by atoms with Gasteiger partial charge in [0.2, 0.25) is 5.58 Å². The molecule has 0 bridgehead atoms. The third-order valence-corrected chi connectivity index (χ3v) is 2.59. The zero-order chi connectivity index (χ0) is 13.4. The third-order valence-electron chi connectivity index (χ3n) is 2.59. The molecule has 19 heavy (non-hydrogen) atoms. The lowest BCUT2D eigenvalue weighted by Gasteiger charge is -1.99.